The van der Waals surface area contributed by atoms with E-state index in [2.05, 4.69) is 139 Å². The van der Waals surface area contributed by atoms with Crippen LogP contribution in [0.1, 0.15) is 59.1 Å². The van der Waals surface area contributed by atoms with Crippen molar-refractivity contribution in [2.75, 3.05) is 0 Å². The standard InChI is InChI=1S/C35H36/c1-7-35(5,6)27-19-21-29-31(23-27)33(25-16-12-9-13-17-25)28-20-18-26(34(2,3)4)22-30(28)32(29)24-14-10-8-11-15-24/h8-23H,7H2,1-6H3. The van der Waals surface area contributed by atoms with Crippen LogP contribution in [0.5, 0.6) is 0 Å². The third-order valence-corrected chi connectivity index (χ3v) is 7.77. The molecule has 0 nitrogen and oxygen atoms in total. The van der Waals surface area contributed by atoms with Gasteiger partial charge in [-0.15, -0.1) is 0 Å². The van der Waals surface area contributed by atoms with Crippen molar-refractivity contribution in [3.05, 3.63) is 108 Å². The van der Waals surface area contributed by atoms with Gasteiger partial charge >= 0.3 is 0 Å². The minimum atomic E-state index is 0.0824. The topological polar surface area (TPSA) is 0 Å². The van der Waals surface area contributed by atoms with E-state index in [0.717, 1.165) is 6.42 Å². The molecule has 0 unspecified atom stereocenters. The summed E-state index contributed by atoms with van der Waals surface area (Å²) in [5.41, 5.74) is 8.19. The molecular formula is C35H36. The monoisotopic (exact) mass is 456 g/mol. The summed E-state index contributed by atoms with van der Waals surface area (Å²) in [6.45, 7) is 13.9. The molecule has 0 aliphatic heterocycles. The van der Waals surface area contributed by atoms with Gasteiger partial charge in [0.1, 0.15) is 0 Å². The molecule has 0 spiro atoms. The van der Waals surface area contributed by atoms with Crippen LogP contribution in [0.4, 0.5) is 0 Å². The van der Waals surface area contributed by atoms with Crippen LogP contribution in [0, 0.1) is 0 Å². The summed E-state index contributed by atoms with van der Waals surface area (Å²) in [7, 11) is 0. The van der Waals surface area contributed by atoms with E-state index < -0.39 is 0 Å². The lowest BCUT2D eigenvalue weighted by atomic mass is 9.78. The zero-order chi connectivity index (χ0) is 24.8. The highest BCUT2D eigenvalue weighted by Gasteiger charge is 2.23. The summed E-state index contributed by atoms with van der Waals surface area (Å²) in [5.74, 6) is 0. The van der Waals surface area contributed by atoms with Crippen molar-refractivity contribution in [1.29, 1.82) is 0 Å². The van der Waals surface area contributed by atoms with E-state index in [1.54, 1.807) is 0 Å². The Labute approximate surface area is 210 Å². The quantitative estimate of drug-likeness (QED) is 0.236. The maximum absolute atomic E-state index is 2.46. The number of benzene rings is 5. The van der Waals surface area contributed by atoms with Gasteiger partial charge in [0.2, 0.25) is 0 Å². The maximum atomic E-state index is 2.46. The predicted molar refractivity (Wildman–Crippen MR) is 154 cm³/mol. The lowest BCUT2D eigenvalue weighted by Crippen LogP contribution is -2.15. The minimum Gasteiger partial charge on any atom is -0.0646 e. The second-order valence-corrected chi connectivity index (χ2v) is 11.5. The summed E-state index contributed by atoms with van der Waals surface area (Å²) in [6, 6.07) is 36.2. The molecule has 0 atom stereocenters. The van der Waals surface area contributed by atoms with Gasteiger partial charge in [-0.1, -0.05) is 126 Å². The summed E-state index contributed by atoms with van der Waals surface area (Å²) in [6.07, 6.45) is 1.10. The van der Waals surface area contributed by atoms with Gasteiger partial charge in [0.15, 0.2) is 0 Å². The maximum Gasteiger partial charge on any atom is -0.00263 e. The average molecular weight is 457 g/mol. The number of fused-ring (bicyclic) bond motifs is 2. The Balaban J connectivity index is 2.01. The van der Waals surface area contributed by atoms with Gasteiger partial charge in [-0.25, -0.2) is 0 Å². The van der Waals surface area contributed by atoms with Crippen molar-refractivity contribution in [3.8, 4) is 22.3 Å². The smallest absolute Gasteiger partial charge is 0.00263 e. The van der Waals surface area contributed by atoms with Crippen LogP contribution in [0.3, 0.4) is 0 Å². The zero-order valence-corrected chi connectivity index (χ0v) is 21.9. The molecule has 0 saturated carbocycles. The van der Waals surface area contributed by atoms with Crippen molar-refractivity contribution in [1.82, 2.24) is 0 Å². The van der Waals surface area contributed by atoms with Crippen molar-refractivity contribution >= 4 is 21.5 Å². The summed E-state index contributed by atoms with van der Waals surface area (Å²) in [5, 5.41) is 5.31. The second kappa shape index (κ2) is 8.68. The SMILES string of the molecule is CCC(C)(C)c1ccc2c(-c3ccccc3)c3cc(C(C)(C)C)ccc3c(-c3ccccc3)c2c1. The van der Waals surface area contributed by atoms with Gasteiger partial charge in [0, 0.05) is 0 Å². The van der Waals surface area contributed by atoms with E-state index in [-0.39, 0.29) is 10.8 Å². The molecule has 5 aromatic rings. The molecule has 0 saturated heterocycles. The fourth-order valence-electron chi connectivity index (χ4n) is 5.15. The lowest BCUT2D eigenvalue weighted by Gasteiger charge is -2.26. The Kier molecular flexibility index (Phi) is 5.80. The number of hydrogen-bond acceptors (Lipinski definition) is 0. The van der Waals surface area contributed by atoms with E-state index in [4.69, 9.17) is 0 Å². The van der Waals surface area contributed by atoms with E-state index in [9.17, 15) is 0 Å². The van der Waals surface area contributed by atoms with Crippen LogP contribution in [0.15, 0.2) is 97.1 Å². The molecule has 0 aliphatic rings. The van der Waals surface area contributed by atoms with Crippen molar-refractivity contribution < 1.29 is 0 Å². The molecule has 0 fully saturated rings. The highest BCUT2D eigenvalue weighted by Crippen LogP contribution is 2.46. The molecule has 0 amide bonds. The number of hydrogen-bond donors (Lipinski definition) is 0. The molecule has 35 heavy (non-hydrogen) atoms. The minimum absolute atomic E-state index is 0.0824. The highest BCUT2D eigenvalue weighted by atomic mass is 14.3. The number of rotatable bonds is 4. The van der Waals surface area contributed by atoms with Crippen molar-refractivity contribution in [3.63, 3.8) is 0 Å². The van der Waals surface area contributed by atoms with Crippen LogP contribution in [0.25, 0.3) is 43.8 Å². The molecule has 0 bridgehead atoms. The second-order valence-electron chi connectivity index (χ2n) is 11.5. The first kappa shape index (κ1) is 23.4. The Morgan fingerprint density at radius 1 is 0.486 bits per heavy atom. The highest BCUT2D eigenvalue weighted by molar-refractivity contribution is 6.21. The molecule has 0 heteroatoms. The fraction of sp³-hybridized carbons (Fsp3) is 0.257. The molecular weight excluding hydrogens is 420 g/mol. The summed E-state index contributed by atoms with van der Waals surface area (Å²) in [4.78, 5) is 0. The Hall–Kier alpha value is -3.38. The van der Waals surface area contributed by atoms with Gasteiger partial charge in [-0.05, 0) is 84.3 Å². The Morgan fingerprint density at radius 2 is 0.914 bits per heavy atom. The van der Waals surface area contributed by atoms with E-state index in [1.165, 1.54) is 54.9 Å². The van der Waals surface area contributed by atoms with Gasteiger partial charge in [-0.2, -0.15) is 0 Å². The molecule has 0 heterocycles. The first-order valence-corrected chi connectivity index (χ1v) is 12.9. The molecule has 0 N–H and O–H groups in total. The van der Waals surface area contributed by atoms with E-state index in [0.29, 0.717) is 0 Å². The first-order chi connectivity index (χ1) is 16.7. The molecule has 5 rings (SSSR count). The molecule has 0 aromatic heterocycles. The molecule has 0 radical (unpaired) electrons. The van der Waals surface area contributed by atoms with Crippen molar-refractivity contribution in [2.45, 2.75) is 58.8 Å². The van der Waals surface area contributed by atoms with Gasteiger partial charge in [-0.3, -0.25) is 0 Å². The molecule has 5 aromatic carbocycles. The first-order valence-electron chi connectivity index (χ1n) is 12.9. The van der Waals surface area contributed by atoms with Crippen LogP contribution < -0.4 is 0 Å². The third-order valence-electron chi connectivity index (χ3n) is 7.77. The van der Waals surface area contributed by atoms with Crippen molar-refractivity contribution in [2.24, 2.45) is 0 Å². The zero-order valence-electron chi connectivity index (χ0n) is 21.9. The van der Waals surface area contributed by atoms with E-state index in [1.807, 2.05) is 0 Å². The average Bonchev–Trinajstić information content (AvgIpc) is 2.87. The largest absolute Gasteiger partial charge is 0.0646 e. The lowest BCUT2D eigenvalue weighted by molar-refractivity contribution is 0.507. The van der Waals surface area contributed by atoms with E-state index >= 15 is 0 Å². The van der Waals surface area contributed by atoms with Crippen LogP contribution >= 0.6 is 0 Å². The Bertz CT molecular complexity index is 1500. The normalized spacial score (nSPS) is 12.4. The Morgan fingerprint density at radius 3 is 1.34 bits per heavy atom. The molecule has 0 aliphatic carbocycles. The third kappa shape index (κ3) is 4.16. The van der Waals surface area contributed by atoms with Crippen LogP contribution in [-0.4, -0.2) is 0 Å². The fourth-order valence-corrected chi connectivity index (χ4v) is 5.15. The summed E-state index contributed by atoms with van der Waals surface area (Å²) >= 11 is 0. The molecule has 176 valence electrons. The van der Waals surface area contributed by atoms with Gasteiger partial charge < -0.3 is 0 Å². The van der Waals surface area contributed by atoms with Crippen LogP contribution in [0.2, 0.25) is 0 Å². The predicted octanol–water partition coefficient (Wildman–Crippen LogP) is 10.3. The van der Waals surface area contributed by atoms with Gasteiger partial charge in [0.05, 0.1) is 0 Å². The van der Waals surface area contributed by atoms with Crippen LogP contribution in [-0.2, 0) is 10.8 Å². The van der Waals surface area contributed by atoms with Gasteiger partial charge in [0.25, 0.3) is 0 Å². The summed E-state index contributed by atoms with van der Waals surface area (Å²) < 4.78 is 0.